The molecule has 1 amide bonds. The Bertz CT molecular complexity index is 1230. The number of carbonyl (C=O) groups excluding carboxylic acids is 1. The average Bonchev–Trinajstić information content (AvgIpc) is 2.99. The molecule has 0 radical (unpaired) electrons. The van der Waals surface area contributed by atoms with E-state index in [9.17, 15) is 4.79 Å². The number of aryl methyl sites for hydroxylation is 3. The Balaban J connectivity index is 1.62. The molecule has 2 aromatic heterocycles. The quantitative estimate of drug-likeness (QED) is 0.494. The van der Waals surface area contributed by atoms with Crippen LogP contribution in [0.2, 0.25) is 0 Å². The summed E-state index contributed by atoms with van der Waals surface area (Å²) in [6, 6.07) is 13.2. The minimum Gasteiger partial charge on any atom is -0.368 e. The number of nitrogens with two attached hydrogens (primary N) is 1. The Morgan fingerprint density at radius 3 is 2.76 bits per heavy atom. The van der Waals surface area contributed by atoms with Gasteiger partial charge in [-0.1, -0.05) is 23.8 Å². The average molecular weight is 387 g/mol. The summed E-state index contributed by atoms with van der Waals surface area (Å²) >= 11 is 0. The zero-order valence-corrected chi connectivity index (χ0v) is 16.4. The molecule has 8 nitrogen and oxygen atoms in total. The van der Waals surface area contributed by atoms with Gasteiger partial charge in [-0.25, -0.2) is 9.67 Å². The molecule has 0 bridgehead atoms. The SMILES string of the molecule is Cc1cccc(C(=O)Nc2ccc(C)c(Nc3nn(C)c4nc(N)ncc34)c2)c1. The van der Waals surface area contributed by atoms with Crippen molar-refractivity contribution in [3.05, 3.63) is 65.4 Å². The molecule has 29 heavy (non-hydrogen) atoms. The topological polar surface area (TPSA) is 111 Å². The van der Waals surface area contributed by atoms with Crippen LogP contribution in [0.4, 0.5) is 23.1 Å². The fraction of sp³-hybridized carbons (Fsp3) is 0.143. The third-order valence-electron chi connectivity index (χ3n) is 4.63. The lowest BCUT2D eigenvalue weighted by Gasteiger charge is -2.11. The molecular formula is C21H21N7O. The molecule has 2 aromatic carbocycles. The third kappa shape index (κ3) is 3.73. The van der Waals surface area contributed by atoms with Crippen molar-refractivity contribution in [1.82, 2.24) is 19.7 Å². The number of rotatable bonds is 4. The standard InChI is InChI=1S/C21H21N7O/c1-12-5-4-6-14(9-12)20(29)24-15-8-7-13(2)17(10-15)25-18-16-11-23-21(22)26-19(16)28(3)27-18/h4-11H,1-3H3,(H,24,29)(H,25,27)(H2,22,23,26). The minimum absolute atomic E-state index is 0.157. The Hall–Kier alpha value is -3.94. The highest BCUT2D eigenvalue weighted by molar-refractivity contribution is 6.04. The van der Waals surface area contributed by atoms with Crippen molar-refractivity contribution in [3.63, 3.8) is 0 Å². The van der Waals surface area contributed by atoms with Gasteiger partial charge in [0.05, 0.1) is 5.39 Å². The van der Waals surface area contributed by atoms with E-state index in [2.05, 4.69) is 25.7 Å². The number of benzene rings is 2. The Morgan fingerprint density at radius 2 is 1.97 bits per heavy atom. The summed E-state index contributed by atoms with van der Waals surface area (Å²) in [6.07, 6.45) is 1.64. The van der Waals surface area contributed by atoms with Crippen molar-refractivity contribution >= 4 is 40.1 Å². The van der Waals surface area contributed by atoms with E-state index in [-0.39, 0.29) is 11.9 Å². The van der Waals surface area contributed by atoms with Crippen LogP contribution in [0.5, 0.6) is 0 Å². The molecule has 0 fully saturated rings. The fourth-order valence-corrected chi connectivity index (χ4v) is 3.09. The second-order valence-corrected chi connectivity index (χ2v) is 6.92. The second-order valence-electron chi connectivity index (χ2n) is 6.92. The van der Waals surface area contributed by atoms with Gasteiger partial charge in [-0.3, -0.25) is 4.79 Å². The molecule has 0 saturated heterocycles. The van der Waals surface area contributed by atoms with Gasteiger partial charge in [0.15, 0.2) is 11.5 Å². The maximum Gasteiger partial charge on any atom is 0.255 e. The fourth-order valence-electron chi connectivity index (χ4n) is 3.09. The number of fused-ring (bicyclic) bond motifs is 1. The van der Waals surface area contributed by atoms with Gasteiger partial charge in [0, 0.05) is 30.2 Å². The molecule has 0 unspecified atom stereocenters. The number of hydrogen-bond acceptors (Lipinski definition) is 6. The number of anilines is 4. The van der Waals surface area contributed by atoms with Crippen LogP contribution in [0.1, 0.15) is 21.5 Å². The van der Waals surface area contributed by atoms with Crippen LogP contribution >= 0.6 is 0 Å². The summed E-state index contributed by atoms with van der Waals surface area (Å²) in [5.74, 6) is 0.660. The van der Waals surface area contributed by atoms with Crippen LogP contribution in [0.25, 0.3) is 11.0 Å². The molecule has 8 heteroatoms. The normalized spacial score (nSPS) is 10.9. The molecule has 0 aliphatic rings. The highest BCUT2D eigenvalue weighted by Gasteiger charge is 2.13. The summed E-state index contributed by atoms with van der Waals surface area (Å²) in [5.41, 5.74) is 10.5. The van der Waals surface area contributed by atoms with Crippen molar-refractivity contribution in [2.45, 2.75) is 13.8 Å². The summed E-state index contributed by atoms with van der Waals surface area (Å²) < 4.78 is 1.65. The lowest BCUT2D eigenvalue weighted by molar-refractivity contribution is 0.102. The van der Waals surface area contributed by atoms with E-state index in [1.165, 1.54) is 0 Å². The first-order valence-corrected chi connectivity index (χ1v) is 9.11. The van der Waals surface area contributed by atoms with E-state index in [0.29, 0.717) is 22.7 Å². The van der Waals surface area contributed by atoms with Gasteiger partial charge < -0.3 is 16.4 Å². The lowest BCUT2D eigenvalue weighted by atomic mass is 10.1. The lowest BCUT2D eigenvalue weighted by Crippen LogP contribution is -2.12. The number of carbonyl (C=O) groups is 1. The maximum absolute atomic E-state index is 12.6. The third-order valence-corrected chi connectivity index (χ3v) is 4.63. The zero-order chi connectivity index (χ0) is 20.5. The van der Waals surface area contributed by atoms with E-state index < -0.39 is 0 Å². The molecule has 0 aliphatic heterocycles. The molecule has 0 spiro atoms. The molecule has 4 aromatic rings. The number of nitrogens with one attached hydrogen (secondary N) is 2. The van der Waals surface area contributed by atoms with Gasteiger partial charge in [0.25, 0.3) is 5.91 Å². The maximum atomic E-state index is 12.6. The molecule has 0 aliphatic carbocycles. The highest BCUT2D eigenvalue weighted by atomic mass is 16.1. The number of aromatic nitrogens is 4. The molecule has 146 valence electrons. The van der Waals surface area contributed by atoms with Crippen molar-refractivity contribution in [2.75, 3.05) is 16.4 Å². The molecular weight excluding hydrogens is 366 g/mol. The van der Waals surface area contributed by atoms with Crippen LogP contribution in [0.3, 0.4) is 0 Å². The van der Waals surface area contributed by atoms with Crippen molar-refractivity contribution in [2.24, 2.45) is 7.05 Å². The van der Waals surface area contributed by atoms with Gasteiger partial charge >= 0.3 is 0 Å². The van der Waals surface area contributed by atoms with E-state index in [1.807, 2.05) is 50.2 Å². The van der Waals surface area contributed by atoms with Crippen LogP contribution in [-0.4, -0.2) is 25.7 Å². The largest absolute Gasteiger partial charge is 0.368 e. The number of amides is 1. The smallest absolute Gasteiger partial charge is 0.255 e. The van der Waals surface area contributed by atoms with E-state index >= 15 is 0 Å². The van der Waals surface area contributed by atoms with Gasteiger partial charge in [-0.15, -0.1) is 0 Å². The molecule has 4 rings (SSSR count). The molecule has 0 atom stereocenters. The summed E-state index contributed by atoms with van der Waals surface area (Å²) in [4.78, 5) is 20.8. The first-order chi connectivity index (χ1) is 13.9. The monoisotopic (exact) mass is 387 g/mol. The first kappa shape index (κ1) is 18.4. The van der Waals surface area contributed by atoms with Gasteiger partial charge in [-0.05, 0) is 43.7 Å². The Morgan fingerprint density at radius 1 is 1.14 bits per heavy atom. The number of nitrogens with zero attached hydrogens (tertiary/aromatic N) is 4. The van der Waals surface area contributed by atoms with E-state index in [0.717, 1.165) is 22.2 Å². The summed E-state index contributed by atoms with van der Waals surface area (Å²) in [5, 5.41) is 11.5. The second kappa shape index (κ2) is 7.23. The molecule has 0 saturated carbocycles. The van der Waals surface area contributed by atoms with Gasteiger partial charge in [0.2, 0.25) is 5.95 Å². The first-order valence-electron chi connectivity index (χ1n) is 9.11. The highest BCUT2D eigenvalue weighted by Crippen LogP contribution is 2.28. The van der Waals surface area contributed by atoms with Crippen LogP contribution in [-0.2, 0) is 7.05 Å². The van der Waals surface area contributed by atoms with Crippen LogP contribution in [0.15, 0.2) is 48.7 Å². The van der Waals surface area contributed by atoms with E-state index in [4.69, 9.17) is 5.73 Å². The van der Waals surface area contributed by atoms with E-state index in [1.54, 1.807) is 24.0 Å². The van der Waals surface area contributed by atoms with Gasteiger partial charge in [0.1, 0.15) is 0 Å². The van der Waals surface area contributed by atoms with Crippen LogP contribution < -0.4 is 16.4 Å². The summed E-state index contributed by atoms with van der Waals surface area (Å²) in [6.45, 7) is 3.94. The minimum atomic E-state index is -0.157. The Labute approximate surface area is 167 Å². The van der Waals surface area contributed by atoms with Crippen molar-refractivity contribution < 1.29 is 4.79 Å². The Kier molecular flexibility index (Phi) is 4.59. The summed E-state index contributed by atoms with van der Waals surface area (Å²) in [7, 11) is 1.80. The predicted molar refractivity (Wildman–Crippen MR) is 114 cm³/mol. The molecule has 2 heterocycles. The van der Waals surface area contributed by atoms with Crippen molar-refractivity contribution in [3.8, 4) is 0 Å². The molecule has 4 N–H and O–H groups in total. The number of nitrogen functional groups attached to an aromatic ring is 1. The number of hydrogen-bond donors (Lipinski definition) is 3. The van der Waals surface area contributed by atoms with Gasteiger partial charge in [-0.2, -0.15) is 10.1 Å². The van der Waals surface area contributed by atoms with Crippen molar-refractivity contribution in [1.29, 1.82) is 0 Å². The predicted octanol–water partition coefficient (Wildman–Crippen LogP) is 3.56. The van der Waals surface area contributed by atoms with Crippen LogP contribution in [0, 0.1) is 13.8 Å². The zero-order valence-electron chi connectivity index (χ0n) is 16.4.